The molecule has 2 aromatic rings. The molecule has 0 radical (unpaired) electrons. The summed E-state index contributed by atoms with van der Waals surface area (Å²) in [6.07, 6.45) is 2.63. The Balaban J connectivity index is 1.67. The molecule has 20 heavy (non-hydrogen) atoms. The van der Waals surface area contributed by atoms with Crippen LogP contribution in [0.5, 0.6) is 0 Å². The van der Waals surface area contributed by atoms with Gasteiger partial charge in [-0.05, 0) is 30.0 Å². The third-order valence-corrected chi connectivity index (χ3v) is 4.26. The lowest BCUT2D eigenvalue weighted by Crippen LogP contribution is -2.35. The molecule has 1 aliphatic rings. The molecule has 0 unspecified atom stereocenters. The van der Waals surface area contributed by atoms with Crippen LogP contribution in [0.3, 0.4) is 0 Å². The third-order valence-electron chi connectivity index (χ3n) is 3.40. The maximum Gasteiger partial charge on any atom is 0.263 e. The Hall–Kier alpha value is -1.95. The second-order valence-electron chi connectivity index (χ2n) is 4.69. The normalized spacial score (nSPS) is 16.0. The Morgan fingerprint density at radius 3 is 2.85 bits per heavy atom. The van der Waals surface area contributed by atoms with Gasteiger partial charge in [0.15, 0.2) is 5.82 Å². The van der Waals surface area contributed by atoms with Crippen LogP contribution in [-0.2, 0) is 0 Å². The van der Waals surface area contributed by atoms with Gasteiger partial charge in [0.25, 0.3) is 5.91 Å². The average molecular weight is 288 g/mol. The van der Waals surface area contributed by atoms with Crippen LogP contribution in [0.25, 0.3) is 0 Å². The van der Waals surface area contributed by atoms with E-state index in [0.29, 0.717) is 0 Å². The van der Waals surface area contributed by atoms with Crippen LogP contribution < -0.4 is 4.90 Å². The maximum atomic E-state index is 12.3. The lowest BCUT2D eigenvalue weighted by molar-refractivity contribution is 0.0772. The molecule has 1 saturated heterocycles. The Labute approximate surface area is 121 Å². The molecule has 0 saturated carbocycles. The first-order valence-corrected chi connectivity index (χ1v) is 7.58. The van der Waals surface area contributed by atoms with Gasteiger partial charge in [0, 0.05) is 32.4 Å². The van der Waals surface area contributed by atoms with Gasteiger partial charge in [-0.15, -0.1) is 16.4 Å². The van der Waals surface area contributed by atoms with Crippen LogP contribution in [0.2, 0.25) is 0 Å². The largest absolute Gasteiger partial charge is 0.353 e. The van der Waals surface area contributed by atoms with Gasteiger partial charge in [-0.1, -0.05) is 6.07 Å². The molecular formula is C14H16N4OS. The SMILES string of the molecule is O=C(c1cccs1)N1CCCN(c2cccnn2)CC1. The predicted octanol–water partition coefficient (Wildman–Crippen LogP) is 1.89. The third kappa shape index (κ3) is 2.80. The topological polar surface area (TPSA) is 49.3 Å². The number of carbonyl (C=O) groups is 1. The molecule has 1 aliphatic heterocycles. The molecule has 104 valence electrons. The first kappa shape index (κ1) is 13.1. The molecule has 5 nitrogen and oxygen atoms in total. The molecule has 0 aromatic carbocycles. The zero-order valence-corrected chi connectivity index (χ0v) is 11.9. The number of nitrogens with zero attached hydrogens (tertiary/aromatic N) is 4. The van der Waals surface area contributed by atoms with Crippen molar-refractivity contribution in [2.24, 2.45) is 0 Å². The van der Waals surface area contributed by atoms with E-state index in [0.717, 1.165) is 43.3 Å². The van der Waals surface area contributed by atoms with Crippen molar-refractivity contribution in [2.75, 3.05) is 31.1 Å². The van der Waals surface area contributed by atoms with Crippen molar-refractivity contribution in [3.8, 4) is 0 Å². The number of aromatic nitrogens is 2. The monoisotopic (exact) mass is 288 g/mol. The van der Waals surface area contributed by atoms with Gasteiger partial charge in [-0.2, -0.15) is 5.10 Å². The second kappa shape index (κ2) is 6.00. The van der Waals surface area contributed by atoms with E-state index in [1.54, 1.807) is 6.20 Å². The van der Waals surface area contributed by atoms with Gasteiger partial charge in [0.2, 0.25) is 0 Å². The summed E-state index contributed by atoms with van der Waals surface area (Å²) in [6, 6.07) is 7.66. The van der Waals surface area contributed by atoms with Crippen LogP contribution in [-0.4, -0.2) is 47.2 Å². The minimum absolute atomic E-state index is 0.140. The Morgan fingerprint density at radius 2 is 2.10 bits per heavy atom. The number of hydrogen-bond donors (Lipinski definition) is 0. The van der Waals surface area contributed by atoms with Gasteiger partial charge in [-0.3, -0.25) is 4.79 Å². The molecule has 1 fully saturated rings. The Bertz CT molecular complexity index is 558. The van der Waals surface area contributed by atoms with E-state index in [4.69, 9.17) is 0 Å². The lowest BCUT2D eigenvalue weighted by Gasteiger charge is -2.22. The van der Waals surface area contributed by atoms with Crippen LogP contribution in [0.4, 0.5) is 5.82 Å². The first-order chi connectivity index (χ1) is 9.84. The van der Waals surface area contributed by atoms with E-state index in [1.165, 1.54) is 11.3 Å². The highest BCUT2D eigenvalue weighted by Crippen LogP contribution is 2.16. The summed E-state index contributed by atoms with van der Waals surface area (Å²) in [5, 5.41) is 9.99. The van der Waals surface area contributed by atoms with Gasteiger partial charge < -0.3 is 9.80 Å². The molecule has 3 heterocycles. The zero-order chi connectivity index (χ0) is 13.8. The van der Waals surface area contributed by atoms with Crippen LogP contribution in [0.1, 0.15) is 16.1 Å². The van der Waals surface area contributed by atoms with Crippen molar-refractivity contribution in [1.29, 1.82) is 0 Å². The number of amides is 1. The van der Waals surface area contributed by atoms with E-state index in [-0.39, 0.29) is 5.91 Å². The summed E-state index contributed by atoms with van der Waals surface area (Å²) in [7, 11) is 0. The van der Waals surface area contributed by atoms with Gasteiger partial charge in [0.05, 0.1) is 4.88 Å². The average Bonchev–Trinajstić information content (AvgIpc) is 2.92. The number of hydrogen-bond acceptors (Lipinski definition) is 5. The fourth-order valence-corrected chi connectivity index (χ4v) is 3.06. The fraction of sp³-hybridized carbons (Fsp3) is 0.357. The molecule has 0 aliphatic carbocycles. The standard InChI is InChI=1S/C14H16N4OS/c19-14(12-4-2-11-20-12)18-8-3-7-17(9-10-18)13-5-1-6-15-16-13/h1-2,4-6,11H,3,7-10H2. The zero-order valence-electron chi connectivity index (χ0n) is 11.1. The van der Waals surface area contributed by atoms with Crippen molar-refractivity contribution in [2.45, 2.75) is 6.42 Å². The lowest BCUT2D eigenvalue weighted by atomic mass is 10.3. The molecule has 0 atom stereocenters. The van der Waals surface area contributed by atoms with Crippen molar-refractivity contribution in [1.82, 2.24) is 15.1 Å². The molecule has 0 N–H and O–H groups in total. The van der Waals surface area contributed by atoms with Crippen molar-refractivity contribution < 1.29 is 4.79 Å². The van der Waals surface area contributed by atoms with E-state index in [2.05, 4.69) is 15.1 Å². The smallest absolute Gasteiger partial charge is 0.263 e. The maximum absolute atomic E-state index is 12.3. The Morgan fingerprint density at radius 1 is 1.15 bits per heavy atom. The molecular weight excluding hydrogens is 272 g/mol. The van der Waals surface area contributed by atoms with Gasteiger partial charge in [-0.25, -0.2) is 0 Å². The Kier molecular flexibility index (Phi) is 3.92. The quantitative estimate of drug-likeness (QED) is 0.847. The number of anilines is 1. The van der Waals surface area contributed by atoms with Gasteiger partial charge >= 0.3 is 0 Å². The highest BCUT2D eigenvalue weighted by atomic mass is 32.1. The minimum Gasteiger partial charge on any atom is -0.353 e. The van der Waals surface area contributed by atoms with E-state index in [1.807, 2.05) is 34.5 Å². The summed E-state index contributed by atoms with van der Waals surface area (Å²) in [4.78, 5) is 17.3. The summed E-state index contributed by atoms with van der Waals surface area (Å²) in [5.41, 5.74) is 0. The van der Waals surface area contributed by atoms with Crippen LogP contribution in [0.15, 0.2) is 35.8 Å². The fourth-order valence-electron chi connectivity index (χ4n) is 2.37. The van der Waals surface area contributed by atoms with Crippen LogP contribution in [0, 0.1) is 0 Å². The molecule has 1 amide bonds. The second-order valence-corrected chi connectivity index (χ2v) is 5.64. The van der Waals surface area contributed by atoms with Crippen molar-refractivity contribution in [3.05, 3.63) is 40.7 Å². The first-order valence-electron chi connectivity index (χ1n) is 6.70. The molecule has 6 heteroatoms. The molecule has 3 rings (SSSR count). The van der Waals surface area contributed by atoms with Crippen LogP contribution >= 0.6 is 11.3 Å². The highest BCUT2D eigenvalue weighted by molar-refractivity contribution is 7.12. The molecule has 0 spiro atoms. The summed E-state index contributed by atoms with van der Waals surface area (Å²) in [5.74, 6) is 1.03. The number of carbonyl (C=O) groups excluding carboxylic acids is 1. The van der Waals surface area contributed by atoms with E-state index in [9.17, 15) is 4.79 Å². The van der Waals surface area contributed by atoms with E-state index >= 15 is 0 Å². The molecule has 2 aromatic heterocycles. The predicted molar refractivity (Wildman–Crippen MR) is 79.1 cm³/mol. The number of rotatable bonds is 2. The summed E-state index contributed by atoms with van der Waals surface area (Å²) >= 11 is 1.50. The summed E-state index contributed by atoms with van der Waals surface area (Å²) < 4.78 is 0. The summed E-state index contributed by atoms with van der Waals surface area (Å²) in [6.45, 7) is 3.24. The van der Waals surface area contributed by atoms with Crippen molar-refractivity contribution >= 4 is 23.1 Å². The van der Waals surface area contributed by atoms with Gasteiger partial charge in [0.1, 0.15) is 0 Å². The number of thiophene rings is 1. The molecule has 0 bridgehead atoms. The minimum atomic E-state index is 0.140. The van der Waals surface area contributed by atoms with Crippen molar-refractivity contribution in [3.63, 3.8) is 0 Å². The highest BCUT2D eigenvalue weighted by Gasteiger charge is 2.21. The van der Waals surface area contributed by atoms with E-state index < -0.39 is 0 Å².